The molecule has 11 nitrogen and oxygen atoms in total. The molecular formula is C42H58N8O3. The van der Waals surface area contributed by atoms with Gasteiger partial charge < -0.3 is 24.5 Å². The summed E-state index contributed by atoms with van der Waals surface area (Å²) in [7, 11) is 7.96. The fraction of sp³-hybridized carbons (Fsp3) is 0.524. The first-order chi connectivity index (χ1) is 25.4. The third-order valence-corrected chi connectivity index (χ3v) is 10.6. The molecule has 6 rings (SSSR count). The van der Waals surface area contributed by atoms with Crippen LogP contribution in [-0.4, -0.2) is 105 Å². The lowest BCUT2D eigenvalue weighted by molar-refractivity contribution is -0.138. The molecule has 0 radical (unpaired) electrons. The lowest BCUT2D eigenvalue weighted by atomic mass is 10.0. The van der Waals surface area contributed by atoms with Crippen molar-refractivity contribution in [2.24, 2.45) is 11.8 Å². The number of hydrogen-bond acceptors (Lipinski definition) is 7. The summed E-state index contributed by atoms with van der Waals surface area (Å²) in [5.41, 5.74) is 3.67. The van der Waals surface area contributed by atoms with Crippen LogP contribution < -0.4 is 4.74 Å². The number of rotatable bonds is 14. The number of carbonyl (C=O) groups excluding carboxylic acids is 2. The SMILES string of the molecule is CC(C)C[C@@H](C(=O)N1CCC[C@H]1c1nc(-c2cccc(Oc3ccc(-c4cnc([C@@H]5CCCN5C(=O)[C@H](CC(C)C)N(C)C)[nH]4)cc3)c2)c[nH]1)N(C)C. The van der Waals surface area contributed by atoms with Crippen molar-refractivity contribution in [3.05, 3.63) is 72.6 Å². The van der Waals surface area contributed by atoms with Gasteiger partial charge in [-0.2, -0.15) is 0 Å². The Balaban J connectivity index is 1.10. The maximum Gasteiger partial charge on any atom is 0.240 e. The zero-order valence-corrected chi connectivity index (χ0v) is 32.8. The van der Waals surface area contributed by atoms with Crippen LogP contribution in [0, 0.1) is 11.8 Å². The smallest absolute Gasteiger partial charge is 0.240 e. The molecule has 4 atom stereocenters. The van der Waals surface area contributed by atoms with Gasteiger partial charge in [-0.15, -0.1) is 0 Å². The molecule has 2 aliphatic heterocycles. The van der Waals surface area contributed by atoms with Crippen molar-refractivity contribution >= 4 is 11.8 Å². The number of likely N-dealkylation sites (tertiary alicyclic amines) is 2. The normalized spacial score (nSPS) is 18.9. The molecule has 2 amide bonds. The summed E-state index contributed by atoms with van der Waals surface area (Å²) in [4.78, 5) is 52.0. The van der Waals surface area contributed by atoms with Gasteiger partial charge in [0.15, 0.2) is 0 Å². The van der Waals surface area contributed by atoms with Crippen molar-refractivity contribution in [2.45, 2.75) is 90.4 Å². The van der Waals surface area contributed by atoms with Crippen molar-refractivity contribution < 1.29 is 14.3 Å². The molecule has 53 heavy (non-hydrogen) atoms. The molecule has 2 aliphatic rings. The number of imidazole rings is 2. The summed E-state index contributed by atoms with van der Waals surface area (Å²) in [6.07, 6.45) is 9.18. The average Bonchev–Trinajstić information content (AvgIpc) is 3.95. The van der Waals surface area contributed by atoms with E-state index in [0.717, 1.165) is 91.5 Å². The van der Waals surface area contributed by atoms with Crippen LogP contribution in [0.3, 0.4) is 0 Å². The summed E-state index contributed by atoms with van der Waals surface area (Å²) < 4.78 is 6.29. The number of ether oxygens (including phenoxy) is 1. The fourth-order valence-electron chi connectivity index (χ4n) is 7.84. The fourth-order valence-corrected chi connectivity index (χ4v) is 7.84. The molecule has 2 saturated heterocycles. The van der Waals surface area contributed by atoms with Crippen molar-refractivity contribution in [2.75, 3.05) is 41.3 Å². The van der Waals surface area contributed by atoms with E-state index in [2.05, 4.69) is 37.7 Å². The molecule has 2 aromatic carbocycles. The zero-order valence-electron chi connectivity index (χ0n) is 32.8. The van der Waals surface area contributed by atoms with Gasteiger partial charge in [0.25, 0.3) is 0 Å². The molecule has 2 N–H and O–H groups in total. The van der Waals surface area contributed by atoms with E-state index in [-0.39, 0.29) is 36.0 Å². The second-order valence-electron chi connectivity index (χ2n) is 16.1. The minimum atomic E-state index is -0.138. The van der Waals surface area contributed by atoms with E-state index < -0.39 is 0 Å². The maximum absolute atomic E-state index is 13.7. The summed E-state index contributed by atoms with van der Waals surface area (Å²) in [6, 6.07) is 15.5. The third kappa shape index (κ3) is 8.84. The van der Waals surface area contributed by atoms with Gasteiger partial charge in [0.1, 0.15) is 23.1 Å². The van der Waals surface area contributed by atoms with Crippen LogP contribution in [0.2, 0.25) is 0 Å². The van der Waals surface area contributed by atoms with Crippen molar-refractivity contribution in [1.29, 1.82) is 0 Å². The molecule has 0 saturated carbocycles. The first-order valence-electron chi connectivity index (χ1n) is 19.3. The number of nitrogens with one attached hydrogen (secondary N) is 2. The molecule has 284 valence electrons. The van der Waals surface area contributed by atoms with Gasteiger partial charge in [-0.3, -0.25) is 19.4 Å². The average molecular weight is 723 g/mol. The van der Waals surface area contributed by atoms with Gasteiger partial charge in [0.05, 0.1) is 41.8 Å². The number of H-pyrrole nitrogens is 2. The molecular weight excluding hydrogens is 665 g/mol. The maximum atomic E-state index is 13.7. The van der Waals surface area contributed by atoms with Crippen LogP contribution in [0.5, 0.6) is 11.5 Å². The van der Waals surface area contributed by atoms with Crippen LogP contribution in [-0.2, 0) is 9.59 Å². The minimum Gasteiger partial charge on any atom is -0.457 e. The zero-order chi connectivity index (χ0) is 37.8. The number of aromatic amines is 2. The van der Waals surface area contributed by atoms with Crippen LogP contribution in [0.25, 0.3) is 22.5 Å². The molecule has 4 aromatic rings. The van der Waals surface area contributed by atoms with Crippen molar-refractivity contribution in [3.8, 4) is 34.0 Å². The van der Waals surface area contributed by atoms with E-state index >= 15 is 0 Å². The van der Waals surface area contributed by atoms with Gasteiger partial charge in [-0.25, -0.2) is 9.97 Å². The number of amides is 2. The van der Waals surface area contributed by atoms with Crippen LogP contribution in [0.4, 0.5) is 0 Å². The van der Waals surface area contributed by atoms with E-state index in [1.54, 1.807) is 0 Å². The number of likely N-dealkylation sites (N-methyl/N-ethyl adjacent to an activating group) is 2. The number of hydrogen-bond donors (Lipinski definition) is 2. The van der Waals surface area contributed by atoms with Crippen LogP contribution >= 0.6 is 0 Å². The van der Waals surface area contributed by atoms with Gasteiger partial charge in [0.2, 0.25) is 11.8 Å². The highest BCUT2D eigenvalue weighted by atomic mass is 16.5. The lowest BCUT2D eigenvalue weighted by Gasteiger charge is -2.32. The van der Waals surface area contributed by atoms with Gasteiger partial charge in [-0.1, -0.05) is 39.8 Å². The molecule has 0 spiro atoms. The van der Waals surface area contributed by atoms with E-state index in [1.165, 1.54) is 0 Å². The Morgan fingerprint density at radius 3 is 1.94 bits per heavy atom. The first kappa shape index (κ1) is 38.3. The number of nitrogens with zero attached hydrogens (tertiary/aromatic N) is 6. The molecule has 2 fully saturated rings. The summed E-state index contributed by atoms with van der Waals surface area (Å²) in [5, 5.41) is 0. The van der Waals surface area contributed by atoms with Crippen LogP contribution in [0.15, 0.2) is 60.9 Å². The third-order valence-electron chi connectivity index (χ3n) is 10.6. The van der Waals surface area contributed by atoms with E-state index in [9.17, 15) is 9.59 Å². The van der Waals surface area contributed by atoms with Gasteiger partial charge >= 0.3 is 0 Å². The highest BCUT2D eigenvalue weighted by molar-refractivity contribution is 5.83. The van der Waals surface area contributed by atoms with E-state index in [4.69, 9.17) is 14.7 Å². The van der Waals surface area contributed by atoms with E-state index in [1.807, 2.05) is 109 Å². The Bertz CT molecular complexity index is 1830. The minimum absolute atomic E-state index is 0.0453. The quantitative estimate of drug-likeness (QED) is 0.138. The topological polar surface area (TPSA) is 114 Å². The lowest BCUT2D eigenvalue weighted by Crippen LogP contribution is -2.46. The molecule has 0 aliphatic carbocycles. The van der Waals surface area contributed by atoms with Crippen molar-refractivity contribution in [3.63, 3.8) is 0 Å². The van der Waals surface area contributed by atoms with Crippen LogP contribution in [0.1, 0.15) is 90.0 Å². The summed E-state index contributed by atoms with van der Waals surface area (Å²) in [6.45, 7) is 10.2. The van der Waals surface area contributed by atoms with Crippen molar-refractivity contribution in [1.82, 2.24) is 39.5 Å². The Labute approximate surface area is 315 Å². The highest BCUT2D eigenvalue weighted by Crippen LogP contribution is 2.36. The summed E-state index contributed by atoms with van der Waals surface area (Å²) >= 11 is 0. The monoisotopic (exact) mass is 722 g/mol. The largest absolute Gasteiger partial charge is 0.457 e. The summed E-state index contributed by atoms with van der Waals surface area (Å²) in [5.74, 6) is 4.33. The first-order valence-corrected chi connectivity index (χ1v) is 19.3. The standard InChI is InChI=1S/C42H58N8O3/c1-27(2)22-37(47(5)6)41(51)49-20-10-14-35(49)39-43-25-33(45-39)29-16-18-31(19-17-29)53-32-13-9-12-30(24-32)34-26-44-40(46-34)36-15-11-21-50(36)42(52)38(48(7)8)23-28(3)4/h9,12-13,16-19,24-28,35-38H,10-11,14-15,20-23H2,1-8H3,(H,43,45)(H,44,46)/t35-,36-,37-,38-/m0/s1. The Morgan fingerprint density at radius 1 is 0.792 bits per heavy atom. The predicted molar refractivity (Wildman–Crippen MR) is 209 cm³/mol. The second-order valence-corrected chi connectivity index (χ2v) is 16.1. The molecule has 0 unspecified atom stereocenters. The van der Waals surface area contributed by atoms with E-state index in [0.29, 0.717) is 17.6 Å². The molecule has 2 aromatic heterocycles. The Morgan fingerprint density at radius 2 is 1.38 bits per heavy atom. The van der Waals surface area contributed by atoms with Gasteiger partial charge in [0, 0.05) is 24.8 Å². The highest BCUT2D eigenvalue weighted by Gasteiger charge is 2.38. The number of aromatic nitrogens is 4. The molecule has 11 heteroatoms. The number of carbonyl (C=O) groups is 2. The number of benzene rings is 2. The predicted octanol–water partition coefficient (Wildman–Crippen LogP) is 7.54. The van der Waals surface area contributed by atoms with Gasteiger partial charge in [-0.05, 0) is 121 Å². The molecule has 4 heterocycles. The molecule has 0 bridgehead atoms. The second kappa shape index (κ2) is 16.7. The Hall–Kier alpha value is -4.48. The Kier molecular flexibility index (Phi) is 12.0.